The van der Waals surface area contributed by atoms with E-state index < -0.39 is 0 Å². The van der Waals surface area contributed by atoms with E-state index in [1.54, 1.807) is 18.5 Å². The van der Waals surface area contributed by atoms with Crippen molar-refractivity contribution in [1.82, 2.24) is 24.4 Å². The molecule has 1 amide bonds. The van der Waals surface area contributed by atoms with E-state index in [0.29, 0.717) is 12.2 Å². The molecule has 6 nitrogen and oxygen atoms in total. The summed E-state index contributed by atoms with van der Waals surface area (Å²) < 4.78 is 2.16. The molecule has 4 rings (SSSR count). The Morgan fingerprint density at radius 1 is 1.21 bits per heavy atom. The van der Waals surface area contributed by atoms with Crippen molar-refractivity contribution in [2.24, 2.45) is 0 Å². The molecule has 0 aliphatic carbocycles. The molecule has 4 heterocycles. The van der Waals surface area contributed by atoms with E-state index in [4.69, 9.17) is 4.98 Å². The fraction of sp³-hybridized carbons (Fsp3) is 0.333. The van der Waals surface area contributed by atoms with Gasteiger partial charge < -0.3 is 9.47 Å². The van der Waals surface area contributed by atoms with E-state index in [9.17, 15) is 4.79 Å². The van der Waals surface area contributed by atoms with Crippen molar-refractivity contribution in [3.63, 3.8) is 0 Å². The minimum absolute atomic E-state index is 0.00427. The summed E-state index contributed by atoms with van der Waals surface area (Å²) in [5.74, 6) is 1.27. The summed E-state index contributed by atoms with van der Waals surface area (Å²) in [5.41, 5.74) is 2.34. The van der Waals surface area contributed by atoms with Crippen LogP contribution in [0.1, 0.15) is 35.6 Å². The van der Waals surface area contributed by atoms with Crippen LogP contribution in [-0.4, -0.2) is 43.4 Å². The van der Waals surface area contributed by atoms with Gasteiger partial charge in [-0.25, -0.2) is 9.97 Å². The molecule has 0 radical (unpaired) electrons. The molecule has 1 aliphatic rings. The van der Waals surface area contributed by atoms with Crippen molar-refractivity contribution in [3.05, 3.63) is 54.2 Å². The first-order chi connectivity index (χ1) is 11.8. The molecule has 3 aromatic rings. The Kier molecular flexibility index (Phi) is 3.72. The zero-order valence-corrected chi connectivity index (χ0v) is 13.6. The van der Waals surface area contributed by atoms with Crippen LogP contribution >= 0.6 is 0 Å². The summed E-state index contributed by atoms with van der Waals surface area (Å²) in [7, 11) is 0. The molecule has 0 aromatic carbocycles. The van der Waals surface area contributed by atoms with Gasteiger partial charge in [0, 0.05) is 37.9 Å². The predicted octanol–water partition coefficient (Wildman–Crippen LogP) is 2.48. The van der Waals surface area contributed by atoms with Crippen LogP contribution < -0.4 is 0 Å². The lowest BCUT2D eigenvalue weighted by Crippen LogP contribution is -2.29. The number of pyridine rings is 2. The maximum Gasteiger partial charge on any atom is 0.272 e. The largest absolute Gasteiger partial charge is 0.337 e. The van der Waals surface area contributed by atoms with Crippen molar-refractivity contribution in [1.29, 1.82) is 0 Å². The van der Waals surface area contributed by atoms with Gasteiger partial charge in [-0.2, -0.15) is 0 Å². The van der Waals surface area contributed by atoms with Gasteiger partial charge in [0.25, 0.3) is 5.91 Å². The van der Waals surface area contributed by atoms with Gasteiger partial charge in [0.15, 0.2) is 5.65 Å². The Morgan fingerprint density at radius 2 is 2.08 bits per heavy atom. The van der Waals surface area contributed by atoms with Crippen molar-refractivity contribution < 1.29 is 4.79 Å². The molecule has 1 atom stereocenters. The van der Waals surface area contributed by atoms with Crippen LogP contribution in [0.4, 0.5) is 0 Å². The van der Waals surface area contributed by atoms with Gasteiger partial charge in [0.2, 0.25) is 0 Å². The van der Waals surface area contributed by atoms with Gasteiger partial charge in [-0.15, -0.1) is 0 Å². The number of likely N-dealkylation sites (tertiary alicyclic amines) is 1. The molecule has 24 heavy (non-hydrogen) atoms. The molecule has 122 valence electrons. The molecule has 1 unspecified atom stereocenters. The lowest BCUT2D eigenvalue weighted by molar-refractivity contribution is 0.0784. The summed E-state index contributed by atoms with van der Waals surface area (Å²) in [6, 6.07) is 9.32. The lowest BCUT2D eigenvalue weighted by atomic mass is 10.1. The fourth-order valence-electron chi connectivity index (χ4n) is 3.41. The summed E-state index contributed by atoms with van der Waals surface area (Å²) >= 11 is 0. The number of nitrogens with zero attached hydrogens (tertiary/aromatic N) is 5. The molecule has 6 heteroatoms. The van der Waals surface area contributed by atoms with E-state index in [2.05, 4.69) is 21.5 Å². The van der Waals surface area contributed by atoms with Crippen molar-refractivity contribution in [2.45, 2.75) is 25.8 Å². The first kappa shape index (κ1) is 14.8. The van der Waals surface area contributed by atoms with Gasteiger partial charge in [-0.1, -0.05) is 6.07 Å². The molecule has 0 bridgehead atoms. The second-order valence-electron chi connectivity index (χ2n) is 6.01. The number of hydrogen-bond acceptors (Lipinski definition) is 4. The summed E-state index contributed by atoms with van der Waals surface area (Å²) in [6.45, 7) is 4.34. The number of carbonyl (C=O) groups excluding carboxylic acids is 1. The number of hydrogen-bond donors (Lipinski definition) is 0. The smallest absolute Gasteiger partial charge is 0.272 e. The third-order valence-corrected chi connectivity index (χ3v) is 4.57. The predicted molar refractivity (Wildman–Crippen MR) is 90.7 cm³/mol. The highest BCUT2D eigenvalue weighted by molar-refractivity contribution is 5.92. The average Bonchev–Trinajstić information content (AvgIpc) is 3.26. The second kappa shape index (κ2) is 6.03. The number of aromatic nitrogens is 4. The molecule has 3 aromatic heterocycles. The zero-order chi connectivity index (χ0) is 16.5. The van der Waals surface area contributed by atoms with E-state index in [0.717, 1.165) is 36.5 Å². The van der Waals surface area contributed by atoms with Crippen LogP contribution in [0.25, 0.3) is 11.2 Å². The molecule has 1 aliphatic heterocycles. The monoisotopic (exact) mass is 321 g/mol. The Morgan fingerprint density at radius 3 is 2.88 bits per heavy atom. The molecule has 0 saturated carbocycles. The normalized spacial score (nSPS) is 17.5. The average molecular weight is 321 g/mol. The van der Waals surface area contributed by atoms with Crippen LogP contribution in [-0.2, 0) is 6.54 Å². The van der Waals surface area contributed by atoms with Crippen LogP contribution in [0.2, 0.25) is 0 Å². The van der Waals surface area contributed by atoms with Crippen molar-refractivity contribution in [2.75, 3.05) is 13.1 Å². The highest BCUT2D eigenvalue weighted by atomic mass is 16.2. The molecule has 1 saturated heterocycles. The first-order valence-electron chi connectivity index (χ1n) is 8.29. The number of rotatable bonds is 3. The van der Waals surface area contributed by atoms with Gasteiger partial charge in [-0.3, -0.25) is 9.78 Å². The minimum Gasteiger partial charge on any atom is -0.337 e. The van der Waals surface area contributed by atoms with Gasteiger partial charge in [0.1, 0.15) is 17.0 Å². The van der Waals surface area contributed by atoms with E-state index in [1.165, 1.54) is 0 Å². The SMILES string of the molecule is CCn1c(C2CCN(C(=O)c3ccccn3)C2)nc2cccnc21. The summed E-state index contributed by atoms with van der Waals surface area (Å²) in [5, 5.41) is 0. The molecule has 0 N–H and O–H groups in total. The van der Waals surface area contributed by atoms with Crippen molar-refractivity contribution >= 4 is 17.1 Å². The maximum atomic E-state index is 12.6. The topological polar surface area (TPSA) is 63.9 Å². The van der Waals surface area contributed by atoms with Crippen LogP contribution in [0, 0.1) is 0 Å². The Bertz CT molecular complexity index is 874. The Hall–Kier alpha value is -2.76. The van der Waals surface area contributed by atoms with Crippen molar-refractivity contribution in [3.8, 4) is 0 Å². The van der Waals surface area contributed by atoms with Crippen LogP contribution in [0.3, 0.4) is 0 Å². The number of carbonyl (C=O) groups is 1. The summed E-state index contributed by atoms with van der Waals surface area (Å²) in [6.07, 6.45) is 4.37. The minimum atomic E-state index is -0.00427. The molecular weight excluding hydrogens is 302 g/mol. The van der Waals surface area contributed by atoms with Gasteiger partial charge >= 0.3 is 0 Å². The Balaban J connectivity index is 1.60. The van der Waals surface area contributed by atoms with E-state index in [1.807, 2.05) is 29.2 Å². The fourth-order valence-corrected chi connectivity index (χ4v) is 3.41. The number of fused-ring (bicyclic) bond motifs is 1. The zero-order valence-electron chi connectivity index (χ0n) is 13.6. The maximum absolute atomic E-state index is 12.6. The second-order valence-corrected chi connectivity index (χ2v) is 6.01. The molecular formula is C18H19N5O. The molecule has 0 spiro atoms. The third kappa shape index (κ3) is 2.44. The number of aryl methyl sites for hydroxylation is 1. The highest BCUT2D eigenvalue weighted by Crippen LogP contribution is 2.29. The van der Waals surface area contributed by atoms with E-state index >= 15 is 0 Å². The van der Waals surface area contributed by atoms with Crippen LogP contribution in [0.5, 0.6) is 0 Å². The highest BCUT2D eigenvalue weighted by Gasteiger charge is 2.31. The first-order valence-corrected chi connectivity index (χ1v) is 8.29. The van der Waals surface area contributed by atoms with Gasteiger partial charge in [0.05, 0.1) is 0 Å². The third-order valence-electron chi connectivity index (χ3n) is 4.57. The summed E-state index contributed by atoms with van der Waals surface area (Å²) in [4.78, 5) is 27.9. The number of imidazole rings is 1. The quantitative estimate of drug-likeness (QED) is 0.743. The van der Waals surface area contributed by atoms with Gasteiger partial charge in [-0.05, 0) is 37.6 Å². The Labute approximate surface area is 140 Å². The standard InChI is InChI=1S/C18H19N5O/c1-2-23-16(21-14-7-5-10-20-17(14)23)13-8-11-22(12-13)18(24)15-6-3-4-9-19-15/h3-7,9-10,13H,2,8,11-12H2,1H3. The van der Waals surface area contributed by atoms with Crippen LogP contribution in [0.15, 0.2) is 42.7 Å². The lowest BCUT2D eigenvalue weighted by Gasteiger charge is -2.16. The molecule has 1 fully saturated rings. The number of amides is 1. The van der Waals surface area contributed by atoms with E-state index in [-0.39, 0.29) is 11.8 Å².